The smallest absolute Gasteiger partial charge is 0.188 e. The Labute approximate surface area is 86.2 Å². The molecule has 0 heterocycles. The highest BCUT2D eigenvalue weighted by molar-refractivity contribution is 5.77. The second kappa shape index (κ2) is 4.20. The van der Waals surface area contributed by atoms with Crippen LogP contribution in [0.4, 0.5) is 0 Å². The number of hydrogen-bond acceptors (Lipinski definition) is 1. The maximum Gasteiger partial charge on any atom is 0.188 e. The van der Waals surface area contributed by atoms with Crippen LogP contribution in [0.15, 0.2) is 4.99 Å². The van der Waals surface area contributed by atoms with Gasteiger partial charge >= 0.3 is 0 Å². The van der Waals surface area contributed by atoms with Crippen LogP contribution >= 0.6 is 0 Å². The lowest BCUT2D eigenvalue weighted by Crippen LogP contribution is -2.32. The largest absolute Gasteiger partial charge is 0.370 e. The minimum atomic E-state index is 0.621. The molecule has 0 spiro atoms. The van der Waals surface area contributed by atoms with Crippen molar-refractivity contribution in [3.05, 3.63) is 0 Å². The van der Waals surface area contributed by atoms with Crippen molar-refractivity contribution < 1.29 is 0 Å². The summed E-state index contributed by atoms with van der Waals surface area (Å²) in [5.74, 6) is 3.42. The van der Waals surface area contributed by atoms with Crippen LogP contribution < -0.4 is 11.1 Å². The maximum atomic E-state index is 5.70. The van der Waals surface area contributed by atoms with Crippen LogP contribution in [0.2, 0.25) is 0 Å². The lowest BCUT2D eigenvalue weighted by atomic mass is 9.89. The molecule has 0 radical (unpaired) electrons. The Bertz CT molecular complexity index is 225. The maximum absolute atomic E-state index is 5.70. The number of fused-ring (bicyclic) bond motifs is 2. The molecule has 0 aromatic carbocycles. The lowest BCUT2D eigenvalue weighted by Gasteiger charge is -2.19. The summed E-state index contributed by atoms with van der Waals surface area (Å²) in [4.78, 5) is 4.40. The molecule has 2 rings (SSSR count). The van der Waals surface area contributed by atoms with E-state index in [1.165, 1.54) is 25.7 Å². The highest BCUT2D eigenvalue weighted by atomic mass is 15.1. The molecule has 2 bridgehead atoms. The van der Waals surface area contributed by atoms with Gasteiger partial charge in [0, 0.05) is 13.1 Å². The van der Waals surface area contributed by atoms with Gasteiger partial charge in [0.25, 0.3) is 0 Å². The molecule has 2 saturated carbocycles. The number of hydrogen-bond donors (Lipinski definition) is 2. The first-order valence-corrected chi connectivity index (χ1v) is 5.83. The number of rotatable bonds is 3. The first kappa shape index (κ1) is 9.81. The van der Waals surface area contributed by atoms with Crippen molar-refractivity contribution in [1.29, 1.82) is 0 Å². The molecule has 3 atom stereocenters. The van der Waals surface area contributed by atoms with Crippen LogP contribution in [0, 0.1) is 17.8 Å². The molecule has 0 amide bonds. The van der Waals surface area contributed by atoms with E-state index in [9.17, 15) is 0 Å². The molecule has 0 aromatic rings. The predicted octanol–water partition coefficient (Wildman–Crippen LogP) is 1.35. The van der Waals surface area contributed by atoms with Gasteiger partial charge in [0.15, 0.2) is 5.96 Å². The third-order valence-corrected chi connectivity index (χ3v) is 3.74. The molecule has 3 nitrogen and oxygen atoms in total. The second-order valence-corrected chi connectivity index (χ2v) is 4.69. The number of nitrogens with zero attached hydrogens (tertiary/aromatic N) is 1. The second-order valence-electron chi connectivity index (χ2n) is 4.69. The van der Waals surface area contributed by atoms with Crippen molar-refractivity contribution in [2.75, 3.05) is 13.1 Å². The van der Waals surface area contributed by atoms with Crippen LogP contribution in [0.1, 0.15) is 32.6 Å². The Morgan fingerprint density at radius 3 is 2.86 bits per heavy atom. The van der Waals surface area contributed by atoms with Crippen LogP contribution in [-0.2, 0) is 0 Å². The van der Waals surface area contributed by atoms with Crippen molar-refractivity contribution in [3.63, 3.8) is 0 Å². The van der Waals surface area contributed by atoms with Gasteiger partial charge < -0.3 is 11.1 Å². The highest BCUT2D eigenvalue weighted by Gasteiger charge is 2.38. The number of nitrogens with two attached hydrogens (primary N) is 1. The van der Waals surface area contributed by atoms with Gasteiger partial charge in [-0.05, 0) is 43.9 Å². The van der Waals surface area contributed by atoms with E-state index in [-0.39, 0.29) is 0 Å². The van der Waals surface area contributed by atoms with Gasteiger partial charge in [-0.15, -0.1) is 0 Å². The topological polar surface area (TPSA) is 50.4 Å². The predicted molar refractivity (Wildman–Crippen MR) is 59.1 cm³/mol. The minimum Gasteiger partial charge on any atom is -0.370 e. The average molecular weight is 195 g/mol. The van der Waals surface area contributed by atoms with Crippen molar-refractivity contribution in [2.45, 2.75) is 32.6 Å². The summed E-state index contributed by atoms with van der Waals surface area (Å²) < 4.78 is 0. The molecule has 0 aliphatic heterocycles. The van der Waals surface area contributed by atoms with E-state index in [1.807, 2.05) is 6.92 Å². The molecule has 3 heteroatoms. The molecular formula is C11H21N3. The van der Waals surface area contributed by atoms with Crippen LogP contribution in [-0.4, -0.2) is 19.0 Å². The quantitative estimate of drug-likeness (QED) is 0.527. The van der Waals surface area contributed by atoms with E-state index in [0.717, 1.165) is 30.8 Å². The van der Waals surface area contributed by atoms with Gasteiger partial charge in [0.2, 0.25) is 0 Å². The van der Waals surface area contributed by atoms with Crippen LogP contribution in [0.3, 0.4) is 0 Å². The summed E-state index contributed by atoms with van der Waals surface area (Å²) in [7, 11) is 0. The van der Waals surface area contributed by atoms with Gasteiger partial charge in [-0.2, -0.15) is 0 Å². The lowest BCUT2D eigenvalue weighted by molar-refractivity contribution is 0.342. The van der Waals surface area contributed by atoms with Crippen LogP contribution in [0.5, 0.6) is 0 Å². The zero-order valence-electron chi connectivity index (χ0n) is 9.00. The number of guanidine groups is 1. The highest BCUT2D eigenvalue weighted by Crippen LogP contribution is 2.48. The third kappa shape index (κ3) is 2.02. The minimum absolute atomic E-state index is 0.621. The first-order chi connectivity index (χ1) is 6.79. The molecule has 2 aliphatic rings. The van der Waals surface area contributed by atoms with Gasteiger partial charge in [-0.1, -0.05) is 6.42 Å². The van der Waals surface area contributed by atoms with E-state index in [1.54, 1.807) is 0 Å². The van der Waals surface area contributed by atoms with E-state index in [0.29, 0.717) is 5.96 Å². The molecular weight excluding hydrogens is 174 g/mol. The molecule has 2 aliphatic carbocycles. The first-order valence-electron chi connectivity index (χ1n) is 5.83. The molecule has 2 fully saturated rings. The zero-order chi connectivity index (χ0) is 9.97. The zero-order valence-corrected chi connectivity index (χ0v) is 9.00. The van der Waals surface area contributed by atoms with Crippen molar-refractivity contribution in [2.24, 2.45) is 28.5 Å². The molecule has 3 unspecified atom stereocenters. The monoisotopic (exact) mass is 195 g/mol. The van der Waals surface area contributed by atoms with E-state index in [4.69, 9.17) is 5.73 Å². The summed E-state index contributed by atoms with van der Waals surface area (Å²) in [6.45, 7) is 3.85. The third-order valence-electron chi connectivity index (χ3n) is 3.74. The Kier molecular flexibility index (Phi) is 2.94. The summed E-state index contributed by atoms with van der Waals surface area (Å²) >= 11 is 0. The molecule has 14 heavy (non-hydrogen) atoms. The van der Waals surface area contributed by atoms with Gasteiger partial charge in [-0.3, -0.25) is 4.99 Å². The fraction of sp³-hybridized carbons (Fsp3) is 0.909. The fourth-order valence-corrected chi connectivity index (χ4v) is 3.05. The van der Waals surface area contributed by atoms with Gasteiger partial charge in [0.05, 0.1) is 0 Å². The molecule has 0 aromatic heterocycles. The van der Waals surface area contributed by atoms with E-state index in [2.05, 4.69) is 10.3 Å². The van der Waals surface area contributed by atoms with Crippen molar-refractivity contribution >= 4 is 5.96 Å². The number of nitrogens with one attached hydrogen (secondary N) is 1. The Hall–Kier alpha value is -0.730. The van der Waals surface area contributed by atoms with E-state index < -0.39 is 0 Å². The number of aliphatic imine (C=N–C) groups is 1. The Morgan fingerprint density at radius 1 is 1.43 bits per heavy atom. The summed E-state index contributed by atoms with van der Waals surface area (Å²) in [6.07, 6.45) is 5.76. The molecule has 3 N–H and O–H groups in total. The van der Waals surface area contributed by atoms with E-state index >= 15 is 0 Å². The van der Waals surface area contributed by atoms with Crippen molar-refractivity contribution in [3.8, 4) is 0 Å². The van der Waals surface area contributed by atoms with Crippen molar-refractivity contribution in [1.82, 2.24) is 5.32 Å². The summed E-state index contributed by atoms with van der Waals surface area (Å²) in [6, 6.07) is 0. The fourth-order valence-electron chi connectivity index (χ4n) is 3.05. The molecule has 0 saturated heterocycles. The summed E-state index contributed by atoms with van der Waals surface area (Å²) in [5.41, 5.74) is 5.70. The Balaban J connectivity index is 1.78. The SMILES string of the molecule is CCNC(N)=NCC1CC2CCC1C2. The standard InChI is InChI=1S/C11H21N3/c1-2-13-11(12)14-7-10-6-8-3-4-9(10)5-8/h8-10H,2-7H2,1H3,(H3,12,13,14). The normalized spacial score (nSPS) is 36.4. The van der Waals surface area contributed by atoms with Crippen LogP contribution in [0.25, 0.3) is 0 Å². The van der Waals surface area contributed by atoms with Gasteiger partial charge in [-0.25, -0.2) is 0 Å². The Morgan fingerprint density at radius 2 is 2.29 bits per heavy atom. The van der Waals surface area contributed by atoms with Gasteiger partial charge in [0.1, 0.15) is 0 Å². The summed E-state index contributed by atoms with van der Waals surface area (Å²) in [5, 5.41) is 3.04. The average Bonchev–Trinajstić information content (AvgIpc) is 2.76. The molecule has 80 valence electrons.